The molecule has 0 aliphatic rings. The number of rotatable bonds is 3. The van der Waals surface area contributed by atoms with Crippen LogP contribution in [0.1, 0.15) is 18.9 Å². The second-order valence-corrected chi connectivity index (χ2v) is 3.96. The zero-order chi connectivity index (χ0) is 11.7. The molecular weight excluding hydrogens is 204 g/mol. The number of aromatic nitrogens is 3. The standard InChI is InChI=1S/C11H16N4O/c1-4-5-12-11-13-9-8(10(16)14-11)7(2)6-15(9)3/h6H,4-5H2,1-3H3,(H2,12,13,14,16). The van der Waals surface area contributed by atoms with E-state index in [-0.39, 0.29) is 5.56 Å². The second-order valence-electron chi connectivity index (χ2n) is 3.96. The normalized spacial score (nSPS) is 10.9. The molecule has 0 bridgehead atoms. The molecule has 0 saturated carbocycles. The lowest BCUT2D eigenvalue weighted by molar-refractivity contribution is 0.923. The van der Waals surface area contributed by atoms with E-state index in [0.29, 0.717) is 11.3 Å². The van der Waals surface area contributed by atoms with Crippen molar-refractivity contribution in [2.75, 3.05) is 11.9 Å². The van der Waals surface area contributed by atoms with E-state index in [4.69, 9.17) is 0 Å². The molecule has 2 N–H and O–H groups in total. The van der Waals surface area contributed by atoms with E-state index in [1.54, 1.807) is 0 Å². The van der Waals surface area contributed by atoms with Gasteiger partial charge in [-0.1, -0.05) is 6.92 Å². The predicted molar refractivity (Wildman–Crippen MR) is 64.9 cm³/mol. The molecule has 0 aliphatic carbocycles. The highest BCUT2D eigenvalue weighted by molar-refractivity contribution is 5.80. The highest BCUT2D eigenvalue weighted by Crippen LogP contribution is 2.14. The van der Waals surface area contributed by atoms with Crippen LogP contribution in [0, 0.1) is 6.92 Å². The molecule has 2 rings (SSSR count). The Labute approximate surface area is 93.5 Å². The Kier molecular flexibility index (Phi) is 2.68. The van der Waals surface area contributed by atoms with Gasteiger partial charge in [-0.3, -0.25) is 9.78 Å². The van der Waals surface area contributed by atoms with Gasteiger partial charge in [0.05, 0.1) is 5.39 Å². The fourth-order valence-electron chi connectivity index (χ4n) is 1.82. The van der Waals surface area contributed by atoms with Crippen molar-refractivity contribution in [2.45, 2.75) is 20.3 Å². The minimum Gasteiger partial charge on any atom is -0.356 e. The Balaban J connectivity index is 2.58. The van der Waals surface area contributed by atoms with Crippen molar-refractivity contribution in [3.8, 4) is 0 Å². The Hall–Kier alpha value is -1.78. The van der Waals surface area contributed by atoms with Gasteiger partial charge in [0.25, 0.3) is 5.56 Å². The average Bonchev–Trinajstić information content (AvgIpc) is 2.52. The molecule has 0 atom stereocenters. The first-order chi connectivity index (χ1) is 7.63. The van der Waals surface area contributed by atoms with Crippen molar-refractivity contribution in [3.05, 3.63) is 22.1 Å². The number of aromatic amines is 1. The van der Waals surface area contributed by atoms with Gasteiger partial charge in [-0.15, -0.1) is 0 Å². The summed E-state index contributed by atoms with van der Waals surface area (Å²) in [5.41, 5.74) is 1.59. The van der Waals surface area contributed by atoms with Crippen molar-refractivity contribution in [1.29, 1.82) is 0 Å². The third kappa shape index (κ3) is 1.68. The van der Waals surface area contributed by atoms with E-state index in [1.165, 1.54) is 0 Å². The molecule has 0 saturated heterocycles. The second kappa shape index (κ2) is 4.00. The van der Waals surface area contributed by atoms with Gasteiger partial charge in [0.2, 0.25) is 5.95 Å². The lowest BCUT2D eigenvalue weighted by atomic mass is 10.3. The number of hydrogen-bond acceptors (Lipinski definition) is 3. The van der Waals surface area contributed by atoms with Crippen LogP contribution in [0.15, 0.2) is 11.0 Å². The number of fused-ring (bicyclic) bond motifs is 1. The monoisotopic (exact) mass is 220 g/mol. The van der Waals surface area contributed by atoms with Crippen LogP contribution in [0.5, 0.6) is 0 Å². The maximum atomic E-state index is 11.8. The molecular formula is C11H16N4O. The smallest absolute Gasteiger partial charge is 0.262 e. The third-order valence-electron chi connectivity index (χ3n) is 2.56. The van der Waals surface area contributed by atoms with E-state index in [1.807, 2.05) is 24.7 Å². The molecule has 86 valence electrons. The van der Waals surface area contributed by atoms with Gasteiger partial charge >= 0.3 is 0 Å². The summed E-state index contributed by atoms with van der Waals surface area (Å²) in [6.07, 6.45) is 2.91. The van der Waals surface area contributed by atoms with Crippen molar-refractivity contribution in [1.82, 2.24) is 14.5 Å². The average molecular weight is 220 g/mol. The van der Waals surface area contributed by atoms with Gasteiger partial charge in [-0.2, -0.15) is 4.98 Å². The zero-order valence-electron chi connectivity index (χ0n) is 9.79. The van der Waals surface area contributed by atoms with Gasteiger partial charge in [-0.25, -0.2) is 0 Å². The van der Waals surface area contributed by atoms with Crippen molar-refractivity contribution in [2.24, 2.45) is 7.05 Å². The lowest BCUT2D eigenvalue weighted by Gasteiger charge is -2.03. The summed E-state index contributed by atoms with van der Waals surface area (Å²) in [6.45, 7) is 4.78. The van der Waals surface area contributed by atoms with E-state index in [2.05, 4.69) is 22.2 Å². The maximum Gasteiger partial charge on any atom is 0.262 e. The molecule has 2 aromatic heterocycles. The number of nitrogens with one attached hydrogen (secondary N) is 2. The molecule has 2 aromatic rings. The summed E-state index contributed by atoms with van der Waals surface area (Å²) < 4.78 is 1.87. The zero-order valence-corrected chi connectivity index (χ0v) is 9.79. The Morgan fingerprint density at radius 2 is 2.31 bits per heavy atom. The molecule has 0 spiro atoms. The van der Waals surface area contributed by atoms with E-state index in [0.717, 1.165) is 24.2 Å². The quantitative estimate of drug-likeness (QED) is 0.821. The lowest BCUT2D eigenvalue weighted by Crippen LogP contribution is -2.14. The summed E-state index contributed by atoms with van der Waals surface area (Å²) in [4.78, 5) is 19.0. The summed E-state index contributed by atoms with van der Waals surface area (Å²) in [5.74, 6) is 0.542. The van der Waals surface area contributed by atoms with Gasteiger partial charge in [0, 0.05) is 19.8 Å². The van der Waals surface area contributed by atoms with Crippen LogP contribution in [-0.4, -0.2) is 21.1 Å². The molecule has 16 heavy (non-hydrogen) atoms. The van der Waals surface area contributed by atoms with Crippen LogP contribution < -0.4 is 10.9 Å². The number of aryl methyl sites for hydroxylation is 2. The molecule has 0 unspecified atom stereocenters. The van der Waals surface area contributed by atoms with Gasteiger partial charge in [0.1, 0.15) is 5.65 Å². The largest absolute Gasteiger partial charge is 0.356 e. The van der Waals surface area contributed by atoms with Crippen LogP contribution >= 0.6 is 0 Å². The van der Waals surface area contributed by atoms with Crippen molar-refractivity contribution < 1.29 is 0 Å². The summed E-state index contributed by atoms with van der Waals surface area (Å²) in [5, 5.41) is 3.75. The van der Waals surface area contributed by atoms with Gasteiger partial charge in [-0.05, 0) is 18.9 Å². The summed E-state index contributed by atoms with van der Waals surface area (Å²) >= 11 is 0. The highest BCUT2D eigenvalue weighted by atomic mass is 16.1. The Morgan fingerprint density at radius 1 is 1.56 bits per heavy atom. The van der Waals surface area contributed by atoms with E-state index < -0.39 is 0 Å². The first kappa shape index (κ1) is 10.7. The number of H-pyrrole nitrogens is 1. The SMILES string of the molecule is CCCNc1nc2c(c(C)cn2C)c(=O)[nH]1. The van der Waals surface area contributed by atoms with Crippen LogP contribution in [0.2, 0.25) is 0 Å². The molecule has 0 aliphatic heterocycles. The van der Waals surface area contributed by atoms with Gasteiger partial charge in [0.15, 0.2) is 0 Å². The minimum absolute atomic E-state index is 0.0818. The molecule has 0 fully saturated rings. The molecule has 0 radical (unpaired) electrons. The fraction of sp³-hybridized carbons (Fsp3) is 0.455. The molecule has 2 heterocycles. The van der Waals surface area contributed by atoms with Crippen LogP contribution in [0.3, 0.4) is 0 Å². The van der Waals surface area contributed by atoms with Crippen LogP contribution in [0.25, 0.3) is 11.0 Å². The molecule has 5 nitrogen and oxygen atoms in total. The molecule has 5 heteroatoms. The van der Waals surface area contributed by atoms with Crippen molar-refractivity contribution in [3.63, 3.8) is 0 Å². The molecule has 0 amide bonds. The Bertz CT molecular complexity index is 567. The van der Waals surface area contributed by atoms with Crippen molar-refractivity contribution >= 4 is 17.0 Å². The van der Waals surface area contributed by atoms with Gasteiger partial charge < -0.3 is 9.88 Å². The predicted octanol–water partition coefficient (Wildman–Crippen LogP) is 1.39. The Morgan fingerprint density at radius 3 is 3.00 bits per heavy atom. The molecule has 0 aromatic carbocycles. The number of hydrogen-bond donors (Lipinski definition) is 2. The maximum absolute atomic E-state index is 11.8. The van der Waals surface area contributed by atoms with E-state index in [9.17, 15) is 4.79 Å². The van der Waals surface area contributed by atoms with Crippen LogP contribution in [-0.2, 0) is 7.05 Å². The number of anilines is 1. The first-order valence-electron chi connectivity index (χ1n) is 5.43. The van der Waals surface area contributed by atoms with Crippen LogP contribution in [0.4, 0.5) is 5.95 Å². The topological polar surface area (TPSA) is 62.7 Å². The third-order valence-corrected chi connectivity index (χ3v) is 2.56. The summed E-state index contributed by atoms with van der Waals surface area (Å²) in [6, 6.07) is 0. The number of nitrogens with zero attached hydrogens (tertiary/aromatic N) is 2. The summed E-state index contributed by atoms with van der Waals surface area (Å²) in [7, 11) is 1.89. The fourth-order valence-corrected chi connectivity index (χ4v) is 1.82. The van der Waals surface area contributed by atoms with E-state index >= 15 is 0 Å². The highest BCUT2D eigenvalue weighted by Gasteiger charge is 2.09. The minimum atomic E-state index is -0.0818. The first-order valence-corrected chi connectivity index (χ1v) is 5.43.